The molecule has 0 aliphatic carbocycles. The molecule has 112 valence electrons. The van der Waals surface area contributed by atoms with Gasteiger partial charge in [-0.2, -0.15) is 5.21 Å². The summed E-state index contributed by atoms with van der Waals surface area (Å²) in [7, 11) is 0. The molecule has 0 aliphatic rings. The fraction of sp³-hybridized carbons (Fsp3) is 0.467. The third-order valence-corrected chi connectivity index (χ3v) is 3.40. The standard InChI is InChI=1S/C15H21N5O/c1-3-7-13(14-17-19-20-18-14)16-15(21)11(2)10-12-8-5-4-6-9-12/h4-6,8-9,11,13H,3,7,10H2,1-2H3,(H,16,21)(H,17,18,19,20)/t11-,13+/m1/s1. The molecule has 0 spiro atoms. The van der Waals surface area contributed by atoms with Crippen LogP contribution in [0, 0.1) is 5.92 Å². The number of tetrazole rings is 1. The van der Waals surface area contributed by atoms with Gasteiger partial charge in [-0.1, -0.05) is 55.8 Å². The molecule has 1 aromatic heterocycles. The van der Waals surface area contributed by atoms with Crippen LogP contribution in [-0.4, -0.2) is 26.5 Å². The lowest BCUT2D eigenvalue weighted by Gasteiger charge is -2.18. The van der Waals surface area contributed by atoms with E-state index in [9.17, 15) is 4.79 Å². The van der Waals surface area contributed by atoms with Crippen molar-refractivity contribution in [1.82, 2.24) is 25.9 Å². The molecule has 6 heteroatoms. The number of nitrogens with one attached hydrogen (secondary N) is 2. The Kier molecular flexibility index (Phi) is 5.43. The molecule has 0 radical (unpaired) electrons. The van der Waals surface area contributed by atoms with Gasteiger partial charge in [0.25, 0.3) is 0 Å². The molecular formula is C15H21N5O. The molecule has 1 aromatic carbocycles. The van der Waals surface area contributed by atoms with Crippen LogP contribution < -0.4 is 5.32 Å². The zero-order valence-corrected chi connectivity index (χ0v) is 12.4. The summed E-state index contributed by atoms with van der Waals surface area (Å²) in [5.74, 6) is 0.456. The maximum atomic E-state index is 12.3. The Balaban J connectivity index is 1.95. The first-order valence-corrected chi connectivity index (χ1v) is 7.28. The van der Waals surface area contributed by atoms with Gasteiger partial charge in [0.05, 0.1) is 6.04 Å². The largest absolute Gasteiger partial charge is 0.346 e. The molecule has 0 aliphatic heterocycles. The molecule has 2 rings (SSSR count). The lowest BCUT2D eigenvalue weighted by atomic mass is 9.99. The Bertz CT molecular complexity index is 540. The van der Waals surface area contributed by atoms with E-state index < -0.39 is 0 Å². The second-order valence-corrected chi connectivity index (χ2v) is 5.21. The van der Waals surface area contributed by atoms with Gasteiger partial charge in [0.15, 0.2) is 5.82 Å². The summed E-state index contributed by atoms with van der Waals surface area (Å²) in [6.07, 6.45) is 2.45. The average molecular weight is 287 g/mol. The Morgan fingerprint density at radius 2 is 2.10 bits per heavy atom. The molecule has 0 fully saturated rings. The normalized spacial score (nSPS) is 13.6. The average Bonchev–Trinajstić information content (AvgIpc) is 3.02. The number of hydrogen-bond acceptors (Lipinski definition) is 4. The second-order valence-electron chi connectivity index (χ2n) is 5.21. The van der Waals surface area contributed by atoms with Gasteiger partial charge < -0.3 is 5.32 Å². The van der Waals surface area contributed by atoms with Crippen LogP contribution in [0.3, 0.4) is 0 Å². The minimum Gasteiger partial charge on any atom is -0.346 e. The first kappa shape index (κ1) is 15.2. The van der Waals surface area contributed by atoms with Crippen molar-refractivity contribution in [1.29, 1.82) is 0 Å². The Labute approximate surface area is 124 Å². The zero-order chi connectivity index (χ0) is 15.1. The van der Waals surface area contributed by atoms with Crippen LogP contribution in [0.5, 0.6) is 0 Å². The van der Waals surface area contributed by atoms with Gasteiger partial charge in [0.1, 0.15) is 0 Å². The van der Waals surface area contributed by atoms with Crippen LogP contribution in [-0.2, 0) is 11.2 Å². The van der Waals surface area contributed by atoms with E-state index in [1.165, 1.54) is 0 Å². The molecule has 2 atom stereocenters. The SMILES string of the molecule is CCC[C@H](NC(=O)[C@H](C)Cc1ccccc1)c1nn[nH]n1. The third-order valence-electron chi connectivity index (χ3n) is 3.40. The summed E-state index contributed by atoms with van der Waals surface area (Å²) >= 11 is 0. The predicted molar refractivity (Wildman–Crippen MR) is 79.3 cm³/mol. The molecule has 0 unspecified atom stereocenters. The number of carbonyl (C=O) groups excluding carboxylic acids is 1. The monoisotopic (exact) mass is 287 g/mol. The number of nitrogens with zero attached hydrogens (tertiary/aromatic N) is 3. The summed E-state index contributed by atoms with van der Waals surface area (Å²) in [6.45, 7) is 3.99. The van der Waals surface area contributed by atoms with Crippen LogP contribution in [0.4, 0.5) is 0 Å². The van der Waals surface area contributed by atoms with Crippen LogP contribution in [0.2, 0.25) is 0 Å². The molecule has 21 heavy (non-hydrogen) atoms. The lowest BCUT2D eigenvalue weighted by Crippen LogP contribution is -2.34. The second kappa shape index (κ2) is 7.52. The molecular weight excluding hydrogens is 266 g/mol. The van der Waals surface area contributed by atoms with Crippen molar-refractivity contribution >= 4 is 5.91 Å². The number of H-pyrrole nitrogens is 1. The maximum absolute atomic E-state index is 12.3. The summed E-state index contributed by atoms with van der Waals surface area (Å²) in [5.41, 5.74) is 1.16. The molecule has 6 nitrogen and oxygen atoms in total. The first-order valence-electron chi connectivity index (χ1n) is 7.28. The first-order chi connectivity index (χ1) is 10.2. The van der Waals surface area contributed by atoms with Crippen molar-refractivity contribution in [3.05, 3.63) is 41.7 Å². The highest BCUT2D eigenvalue weighted by atomic mass is 16.1. The fourth-order valence-electron chi connectivity index (χ4n) is 2.25. The van der Waals surface area contributed by atoms with Crippen LogP contribution in [0.25, 0.3) is 0 Å². The van der Waals surface area contributed by atoms with Crippen molar-refractivity contribution in [3.63, 3.8) is 0 Å². The van der Waals surface area contributed by atoms with E-state index in [0.717, 1.165) is 24.8 Å². The van der Waals surface area contributed by atoms with Gasteiger partial charge in [-0.3, -0.25) is 4.79 Å². The highest BCUT2D eigenvalue weighted by Gasteiger charge is 2.21. The van der Waals surface area contributed by atoms with Gasteiger partial charge in [-0.15, -0.1) is 10.2 Å². The minimum atomic E-state index is -0.181. The fourth-order valence-corrected chi connectivity index (χ4v) is 2.25. The Morgan fingerprint density at radius 1 is 1.33 bits per heavy atom. The molecule has 1 amide bonds. The van der Waals surface area contributed by atoms with Gasteiger partial charge in [-0.25, -0.2) is 0 Å². The Hall–Kier alpha value is -2.24. The topological polar surface area (TPSA) is 83.6 Å². The van der Waals surface area contributed by atoms with Crippen molar-refractivity contribution in [2.24, 2.45) is 5.92 Å². The van der Waals surface area contributed by atoms with Crippen molar-refractivity contribution in [2.45, 2.75) is 39.2 Å². The lowest BCUT2D eigenvalue weighted by molar-refractivity contribution is -0.125. The van der Waals surface area contributed by atoms with E-state index in [2.05, 4.69) is 32.9 Å². The Morgan fingerprint density at radius 3 is 2.71 bits per heavy atom. The minimum absolute atomic E-state index is 0.0158. The third kappa shape index (κ3) is 4.37. The quantitative estimate of drug-likeness (QED) is 0.816. The molecule has 0 bridgehead atoms. The molecule has 0 saturated carbocycles. The van der Waals surface area contributed by atoms with Crippen molar-refractivity contribution in [3.8, 4) is 0 Å². The number of aromatic amines is 1. The van der Waals surface area contributed by atoms with Gasteiger partial charge in [0.2, 0.25) is 5.91 Å². The predicted octanol–water partition coefficient (Wildman–Crippen LogP) is 2.04. The van der Waals surface area contributed by atoms with Crippen molar-refractivity contribution < 1.29 is 4.79 Å². The van der Waals surface area contributed by atoms with Gasteiger partial charge in [0, 0.05) is 5.92 Å². The van der Waals surface area contributed by atoms with E-state index in [0.29, 0.717) is 5.82 Å². The van der Waals surface area contributed by atoms with Gasteiger partial charge in [-0.05, 0) is 18.4 Å². The van der Waals surface area contributed by atoms with Gasteiger partial charge >= 0.3 is 0 Å². The maximum Gasteiger partial charge on any atom is 0.223 e. The van der Waals surface area contributed by atoms with E-state index in [1.807, 2.05) is 37.3 Å². The summed E-state index contributed by atoms with van der Waals surface area (Å²) < 4.78 is 0. The van der Waals surface area contributed by atoms with Crippen LogP contribution in [0.1, 0.15) is 44.1 Å². The van der Waals surface area contributed by atoms with Crippen LogP contribution in [0.15, 0.2) is 30.3 Å². The number of aromatic nitrogens is 4. The molecule has 1 heterocycles. The van der Waals surface area contributed by atoms with E-state index in [-0.39, 0.29) is 17.9 Å². The van der Waals surface area contributed by atoms with E-state index in [4.69, 9.17) is 0 Å². The molecule has 2 N–H and O–H groups in total. The summed E-state index contributed by atoms with van der Waals surface area (Å²) in [5, 5.41) is 16.9. The number of rotatable bonds is 7. The smallest absolute Gasteiger partial charge is 0.223 e. The highest BCUT2D eigenvalue weighted by molar-refractivity contribution is 5.78. The van der Waals surface area contributed by atoms with E-state index >= 15 is 0 Å². The number of amides is 1. The summed E-state index contributed by atoms with van der Waals surface area (Å²) in [4.78, 5) is 12.3. The molecule has 2 aromatic rings. The summed E-state index contributed by atoms with van der Waals surface area (Å²) in [6, 6.07) is 9.83. The number of benzene rings is 1. The molecule has 0 saturated heterocycles. The zero-order valence-electron chi connectivity index (χ0n) is 12.4. The number of carbonyl (C=O) groups is 1. The highest BCUT2D eigenvalue weighted by Crippen LogP contribution is 2.15. The van der Waals surface area contributed by atoms with Crippen LogP contribution >= 0.6 is 0 Å². The van der Waals surface area contributed by atoms with Crippen molar-refractivity contribution in [2.75, 3.05) is 0 Å². The number of hydrogen-bond donors (Lipinski definition) is 2. The van der Waals surface area contributed by atoms with E-state index in [1.54, 1.807) is 0 Å².